The molecule has 1 saturated heterocycles. The van der Waals surface area contributed by atoms with Crippen molar-refractivity contribution in [1.82, 2.24) is 14.8 Å². The van der Waals surface area contributed by atoms with E-state index in [9.17, 15) is 9.59 Å². The summed E-state index contributed by atoms with van der Waals surface area (Å²) in [6.45, 7) is 8.22. The molecule has 1 aromatic heterocycles. The fourth-order valence-electron chi connectivity index (χ4n) is 3.00. The molecule has 2 heterocycles. The Morgan fingerprint density at radius 3 is 2.46 bits per heavy atom. The van der Waals surface area contributed by atoms with E-state index in [-0.39, 0.29) is 12.0 Å². The van der Waals surface area contributed by atoms with Gasteiger partial charge in [0.2, 0.25) is 0 Å². The molecule has 0 atom stereocenters. The second kappa shape index (κ2) is 9.10. The van der Waals surface area contributed by atoms with Gasteiger partial charge in [0.1, 0.15) is 5.03 Å². The third kappa shape index (κ3) is 4.65. The van der Waals surface area contributed by atoms with Crippen LogP contribution in [0.5, 0.6) is 0 Å². The van der Waals surface area contributed by atoms with Crippen LogP contribution < -0.4 is 0 Å². The third-order valence-electron chi connectivity index (χ3n) is 4.79. The average Bonchev–Trinajstić information content (AvgIpc) is 2.71. The molecule has 148 valence electrons. The maximum Gasteiger partial charge on any atom is 0.409 e. The van der Waals surface area contributed by atoms with Gasteiger partial charge in [-0.2, -0.15) is 0 Å². The first kappa shape index (κ1) is 20.2. The van der Waals surface area contributed by atoms with Crippen molar-refractivity contribution in [2.24, 2.45) is 0 Å². The second-order valence-electron chi connectivity index (χ2n) is 6.68. The zero-order valence-corrected chi connectivity index (χ0v) is 17.3. The van der Waals surface area contributed by atoms with Gasteiger partial charge in [0, 0.05) is 37.3 Å². The minimum absolute atomic E-state index is 0.0528. The summed E-state index contributed by atoms with van der Waals surface area (Å²) < 4.78 is 5.04. The molecule has 2 aromatic rings. The highest BCUT2D eigenvalue weighted by atomic mass is 32.2. The van der Waals surface area contributed by atoms with E-state index in [0.29, 0.717) is 43.4 Å². The van der Waals surface area contributed by atoms with Crippen molar-refractivity contribution in [2.45, 2.75) is 30.7 Å². The van der Waals surface area contributed by atoms with Crippen molar-refractivity contribution in [2.75, 3.05) is 32.8 Å². The fourth-order valence-corrected chi connectivity index (χ4v) is 3.98. The van der Waals surface area contributed by atoms with Gasteiger partial charge in [-0.3, -0.25) is 4.79 Å². The first-order chi connectivity index (χ1) is 13.5. The highest BCUT2D eigenvalue weighted by molar-refractivity contribution is 7.99. The lowest BCUT2D eigenvalue weighted by Crippen LogP contribution is -2.50. The van der Waals surface area contributed by atoms with Crippen LogP contribution >= 0.6 is 11.8 Å². The number of piperazine rings is 1. The number of carbonyl (C=O) groups is 2. The van der Waals surface area contributed by atoms with E-state index >= 15 is 0 Å². The Balaban J connectivity index is 1.71. The van der Waals surface area contributed by atoms with E-state index in [2.05, 4.69) is 31.0 Å². The van der Waals surface area contributed by atoms with Crippen LogP contribution in [0.1, 0.15) is 28.4 Å². The molecule has 1 aliphatic heterocycles. The van der Waals surface area contributed by atoms with Gasteiger partial charge >= 0.3 is 6.09 Å². The normalized spacial score (nSPS) is 14.1. The van der Waals surface area contributed by atoms with E-state index in [1.165, 1.54) is 22.9 Å². The lowest BCUT2D eigenvalue weighted by molar-refractivity contribution is 0.0567. The number of carbonyl (C=O) groups excluding carboxylic acids is 2. The van der Waals surface area contributed by atoms with Crippen LogP contribution in [0.3, 0.4) is 0 Å². The smallest absolute Gasteiger partial charge is 0.409 e. The molecular formula is C21H25N3O3S. The summed E-state index contributed by atoms with van der Waals surface area (Å²) in [5, 5.41) is 0.698. The summed E-state index contributed by atoms with van der Waals surface area (Å²) >= 11 is 1.50. The first-order valence-corrected chi connectivity index (χ1v) is 10.2. The standard InChI is InChI=1S/C21H25N3O3S/c1-4-27-21(26)24-12-10-23(11-13-24)20(25)18-6-5-9-22-19(18)28-17-8-7-15(2)16(3)14-17/h5-9,14H,4,10-13H2,1-3H3. The molecular weight excluding hydrogens is 374 g/mol. The maximum absolute atomic E-state index is 13.1. The van der Waals surface area contributed by atoms with Crippen LogP contribution in [0, 0.1) is 13.8 Å². The van der Waals surface area contributed by atoms with Gasteiger partial charge in [-0.05, 0) is 56.2 Å². The monoisotopic (exact) mass is 399 g/mol. The van der Waals surface area contributed by atoms with Crippen LogP contribution in [-0.2, 0) is 4.74 Å². The van der Waals surface area contributed by atoms with Crippen molar-refractivity contribution in [3.05, 3.63) is 53.2 Å². The number of hydrogen-bond donors (Lipinski definition) is 0. The average molecular weight is 400 g/mol. The van der Waals surface area contributed by atoms with Gasteiger partial charge in [-0.1, -0.05) is 17.8 Å². The number of benzene rings is 1. The van der Waals surface area contributed by atoms with Crippen LogP contribution in [-0.4, -0.2) is 59.6 Å². The summed E-state index contributed by atoms with van der Waals surface area (Å²) in [7, 11) is 0. The highest BCUT2D eigenvalue weighted by Crippen LogP contribution is 2.30. The number of pyridine rings is 1. The summed E-state index contributed by atoms with van der Waals surface area (Å²) in [5.41, 5.74) is 3.04. The predicted molar refractivity (Wildman–Crippen MR) is 109 cm³/mol. The van der Waals surface area contributed by atoms with Crippen molar-refractivity contribution in [1.29, 1.82) is 0 Å². The maximum atomic E-state index is 13.1. The minimum atomic E-state index is -0.318. The van der Waals surface area contributed by atoms with Crippen molar-refractivity contribution >= 4 is 23.8 Å². The quantitative estimate of drug-likeness (QED) is 0.783. The van der Waals surface area contributed by atoms with Crippen molar-refractivity contribution in [3.63, 3.8) is 0 Å². The molecule has 7 heteroatoms. The number of aromatic nitrogens is 1. The van der Waals surface area contributed by atoms with E-state index in [1.54, 1.807) is 29.0 Å². The number of nitrogens with zero attached hydrogens (tertiary/aromatic N) is 3. The van der Waals surface area contributed by atoms with Gasteiger partial charge in [-0.25, -0.2) is 9.78 Å². The molecule has 0 aliphatic carbocycles. The van der Waals surface area contributed by atoms with E-state index < -0.39 is 0 Å². The van der Waals surface area contributed by atoms with Crippen LogP contribution in [0.2, 0.25) is 0 Å². The summed E-state index contributed by atoms with van der Waals surface area (Å²) in [6, 6.07) is 9.84. The molecule has 2 amide bonds. The Morgan fingerprint density at radius 2 is 1.79 bits per heavy atom. The molecule has 0 unspecified atom stereocenters. The Labute approximate surface area is 169 Å². The fraction of sp³-hybridized carbons (Fsp3) is 0.381. The number of rotatable bonds is 4. The van der Waals surface area contributed by atoms with Gasteiger partial charge in [0.25, 0.3) is 5.91 Å². The molecule has 0 radical (unpaired) electrons. The zero-order valence-electron chi connectivity index (χ0n) is 16.5. The lowest BCUT2D eigenvalue weighted by Gasteiger charge is -2.34. The van der Waals surface area contributed by atoms with Gasteiger partial charge in [-0.15, -0.1) is 0 Å². The van der Waals surface area contributed by atoms with E-state index in [0.717, 1.165) is 4.90 Å². The van der Waals surface area contributed by atoms with E-state index in [4.69, 9.17) is 4.74 Å². The van der Waals surface area contributed by atoms with Crippen LogP contribution in [0.4, 0.5) is 4.79 Å². The third-order valence-corrected chi connectivity index (χ3v) is 5.80. The van der Waals surface area contributed by atoms with Gasteiger partial charge in [0.05, 0.1) is 12.2 Å². The van der Waals surface area contributed by atoms with Gasteiger partial charge < -0.3 is 14.5 Å². The molecule has 0 bridgehead atoms. The number of aryl methyl sites for hydroxylation is 2. The second-order valence-corrected chi connectivity index (χ2v) is 7.74. The Morgan fingerprint density at radius 1 is 1.07 bits per heavy atom. The van der Waals surface area contributed by atoms with Crippen LogP contribution in [0.15, 0.2) is 46.5 Å². The molecule has 0 spiro atoms. The Kier molecular flexibility index (Phi) is 6.57. The van der Waals surface area contributed by atoms with Crippen molar-refractivity contribution < 1.29 is 14.3 Å². The van der Waals surface area contributed by atoms with Crippen LogP contribution in [0.25, 0.3) is 0 Å². The lowest BCUT2D eigenvalue weighted by atomic mass is 10.1. The predicted octanol–water partition coefficient (Wildman–Crippen LogP) is 3.76. The molecule has 6 nitrogen and oxygen atoms in total. The SMILES string of the molecule is CCOC(=O)N1CCN(C(=O)c2cccnc2Sc2ccc(C)c(C)c2)CC1. The number of amides is 2. The molecule has 1 aromatic carbocycles. The Hall–Kier alpha value is -2.54. The minimum Gasteiger partial charge on any atom is -0.450 e. The number of ether oxygens (including phenoxy) is 1. The summed E-state index contributed by atoms with van der Waals surface area (Å²) in [5.74, 6) is -0.0528. The highest BCUT2D eigenvalue weighted by Gasteiger charge is 2.27. The van der Waals surface area contributed by atoms with Gasteiger partial charge in [0.15, 0.2) is 0 Å². The molecule has 1 fully saturated rings. The molecule has 28 heavy (non-hydrogen) atoms. The molecule has 0 N–H and O–H groups in total. The Bertz CT molecular complexity index is 864. The number of hydrogen-bond acceptors (Lipinski definition) is 5. The molecule has 1 aliphatic rings. The largest absolute Gasteiger partial charge is 0.450 e. The summed E-state index contributed by atoms with van der Waals surface area (Å²) in [4.78, 5) is 33.8. The topological polar surface area (TPSA) is 62.7 Å². The van der Waals surface area contributed by atoms with E-state index in [1.807, 2.05) is 12.1 Å². The summed E-state index contributed by atoms with van der Waals surface area (Å²) in [6.07, 6.45) is 1.39. The molecule has 0 saturated carbocycles. The zero-order chi connectivity index (χ0) is 20.1. The first-order valence-electron chi connectivity index (χ1n) is 9.40. The molecule has 3 rings (SSSR count). The van der Waals surface area contributed by atoms with Crippen molar-refractivity contribution in [3.8, 4) is 0 Å².